The van der Waals surface area contributed by atoms with Crippen molar-refractivity contribution < 1.29 is 13.9 Å². The third kappa shape index (κ3) is 6.17. The van der Waals surface area contributed by atoms with Crippen LogP contribution in [0.25, 0.3) is 22.3 Å². The van der Waals surface area contributed by atoms with E-state index in [4.69, 9.17) is 14.5 Å². The van der Waals surface area contributed by atoms with Gasteiger partial charge in [-0.3, -0.25) is 4.79 Å². The van der Waals surface area contributed by atoms with Crippen LogP contribution in [0.4, 0.5) is 4.39 Å². The molecule has 41 heavy (non-hydrogen) atoms. The normalized spacial score (nSPS) is 11.5. The molecule has 0 N–H and O–H groups in total. The van der Waals surface area contributed by atoms with Crippen molar-refractivity contribution >= 4 is 39.7 Å². The van der Waals surface area contributed by atoms with Gasteiger partial charge in [0.1, 0.15) is 23.9 Å². The molecule has 0 fully saturated rings. The van der Waals surface area contributed by atoms with Gasteiger partial charge in [0.15, 0.2) is 5.82 Å². The monoisotopic (exact) mass is 661 g/mol. The standard InChI is InChI=1S/C33H29FIN3O3/c1-20(2)26-17-27(21(3)14-31(26)40-4)32-37-29-11-6-5-10-25(29)33(39)38(32)36-18-22-12-13-30(28(35)16-22)41-19-23-8-7-9-24(34)15-23/h5-18,20H,19H2,1-4H3. The zero-order valence-corrected chi connectivity index (χ0v) is 25.3. The molecule has 0 aliphatic carbocycles. The summed E-state index contributed by atoms with van der Waals surface area (Å²) >= 11 is 2.19. The van der Waals surface area contributed by atoms with E-state index in [1.54, 1.807) is 25.5 Å². The number of ether oxygens (including phenoxy) is 2. The van der Waals surface area contributed by atoms with E-state index < -0.39 is 0 Å². The molecule has 8 heteroatoms. The van der Waals surface area contributed by atoms with Crippen molar-refractivity contribution in [2.24, 2.45) is 5.10 Å². The largest absolute Gasteiger partial charge is 0.496 e. The van der Waals surface area contributed by atoms with E-state index >= 15 is 0 Å². The highest BCUT2D eigenvalue weighted by atomic mass is 127. The topological polar surface area (TPSA) is 65.7 Å². The molecule has 5 aromatic rings. The molecule has 0 radical (unpaired) electrons. The van der Waals surface area contributed by atoms with E-state index in [2.05, 4.69) is 41.5 Å². The molecule has 0 saturated carbocycles. The fourth-order valence-electron chi connectivity index (χ4n) is 4.60. The number of para-hydroxylation sites is 1. The van der Waals surface area contributed by atoms with Gasteiger partial charge in [0.05, 0.1) is 27.8 Å². The van der Waals surface area contributed by atoms with Gasteiger partial charge in [-0.25, -0.2) is 9.37 Å². The van der Waals surface area contributed by atoms with E-state index in [0.29, 0.717) is 22.5 Å². The van der Waals surface area contributed by atoms with Gasteiger partial charge in [-0.1, -0.05) is 38.1 Å². The molecule has 0 amide bonds. The molecule has 0 aliphatic heterocycles. The Morgan fingerprint density at radius 3 is 2.56 bits per heavy atom. The van der Waals surface area contributed by atoms with Crippen molar-refractivity contribution in [3.05, 3.63) is 121 Å². The average Bonchev–Trinajstić information content (AvgIpc) is 2.96. The minimum atomic E-state index is -0.296. The lowest BCUT2D eigenvalue weighted by atomic mass is 9.96. The third-order valence-corrected chi connectivity index (χ3v) is 7.60. The molecule has 1 aromatic heterocycles. The Bertz CT molecular complexity index is 1830. The first kappa shape index (κ1) is 28.5. The summed E-state index contributed by atoms with van der Waals surface area (Å²) in [6.45, 7) is 6.43. The minimum Gasteiger partial charge on any atom is -0.496 e. The number of nitrogens with zero attached hydrogens (tertiary/aromatic N) is 3. The zero-order valence-electron chi connectivity index (χ0n) is 23.2. The lowest BCUT2D eigenvalue weighted by Crippen LogP contribution is -2.20. The van der Waals surface area contributed by atoms with Gasteiger partial charge in [0.2, 0.25) is 0 Å². The molecule has 6 nitrogen and oxygen atoms in total. The number of aryl methyl sites for hydroxylation is 1. The molecular weight excluding hydrogens is 632 g/mol. The predicted octanol–water partition coefficient (Wildman–Crippen LogP) is 7.71. The van der Waals surface area contributed by atoms with Crippen LogP contribution in [-0.2, 0) is 6.61 Å². The van der Waals surface area contributed by atoms with Gasteiger partial charge in [-0.05, 0) is 112 Å². The average molecular weight is 662 g/mol. The summed E-state index contributed by atoms with van der Waals surface area (Å²) in [5.41, 5.74) is 4.64. The summed E-state index contributed by atoms with van der Waals surface area (Å²) in [6, 6.07) is 23.3. The Morgan fingerprint density at radius 1 is 1.02 bits per heavy atom. The molecule has 0 atom stereocenters. The lowest BCUT2D eigenvalue weighted by Gasteiger charge is -2.17. The van der Waals surface area contributed by atoms with E-state index in [1.807, 2.05) is 61.5 Å². The van der Waals surface area contributed by atoms with Crippen LogP contribution in [-0.4, -0.2) is 23.0 Å². The number of halogens is 2. The van der Waals surface area contributed by atoms with Crippen molar-refractivity contribution in [3.8, 4) is 22.9 Å². The van der Waals surface area contributed by atoms with Crippen LogP contribution in [0, 0.1) is 16.3 Å². The van der Waals surface area contributed by atoms with Gasteiger partial charge in [0, 0.05) is 5.56 Å². The highest BCUT2D eigenvalue weighted by Crippen LogP contribution is 2.34. The summed E-state index contributed by atoms with van der Waals surface area (Å²) in [7, 11) is 1.66. The fourth-order valence-corrected chi connectivity index (χ4v) is 5.29. The van der Waals surface area contributed by atoms with Crippen LogP contribution in [0.5, 0.6) is 11.5 Å². The molecule has 4 aromatic carbocycles. The minimum absolute atomic E-state index is 0.206. The van der Waals surface area contributed by atoms with Gasteiger partial charge in [-0.2, -0.15) is 9.78 Å². The number of fused-ring (bicyclic) bond motifs is 1. The van der Waals surface area contributed by atoms with Crippen molar-refractivity contribution in [1.29, 1.82) is 0 Å². The van der Waals surface area contributed by atoms with Crippen LogP contribution in [0.1, 0.15) is 42.0 Å². The molecule has 0 unspecified atom stereocenters. The SMILES string of the molecule is COc1cc(C)c(-c2nc3ccccc3c(=O)n2N=Cc2ccc(OCc3cccc(F)c3)c(I)c2)cc1C(C)C. The van der Waals surface area contributed by atoms with Crippen LogP contribution in [0.2, 0.25) is 0 Å². The third-order valence-electron chi connectivity index (χ3n) is 6.76. The van der Waals surface area contributed by atoms with Crippen molar-refractivity contribution in [2.45, 2.75) is 33.3 Å². The second-order valence-corrected chi connectivity index (χ2v) is 11.1. The van der Waals surface area contributed by atoms with Crippen molar-refractivity contribution in [3.63, 3.8) is 0 Å². The van der Waals surface area contributed by atoms with Crippen LogP contribution >= 0.6 is 22.6 Å². The smallest absolute Gasteiger partial charge is 0.282 e. The molecule has 0 aliphatic rings. The second-order valence-electron chi connectivity index (χ2n) is 9.99. The molecule has 208 valence electrons. The molecule has 0 spiro atoms. The van der Waals surface area contributed by atoms with Gasteiger partial charge < -0.3 is 9.47 Å². The lowest BCUT2D eigenvalue weighted by molar-refractivity contribution is 0.303. The zero-order chi connectivity index (χ0) is 29.1. The highest BCUT2D eigenvalue weighted by molar-refractivity contribution is 14.1. The summed E-state index contributed by atoms with van der Waals surface area (Å²) in [5.74, 6) is 1.84. The molecule has 5 rings (SSSR count). The number of hydrogen-bond acceptors (Lipinski definition) is 5. The maximum atomic E-state index is 13.7. The summed E-state index contributed by atoms with van der Waals surface area (Å²) in [5, 5.41) is 5.12. The van der Waals surface area contributed by atoms with E-state index in [0.717, 1.165) is 37.1 Å². The Morgan fingerprint density at radius 2 is 1.83 bits per heavy atom. The summed E-state index contributed by atoms with van der Waals surface area (Å²) in [6.07, 6.45) is 1.64. The maximum absolute atomic E-state index is 13.7. The molecule has 0 bridgehead atoms. The number of aromatic nitrogens is 2. The van der Waals surface area contributed by atoms with Crippen LogP contribution in [0.15, 0.2) is 88.8 Å². The van der Waals surface area contributed by atoms with Crippen molar-refractivity contribution in [1.82, 2.24) is 9.66 Å². The number of hydrogen-bond donors (Lipinski definition) is 0. The summed E-state index contributed by atoms with van der Waals surface area (Å²) < 4.78 is 27.3. The quantitative estimate of drug-likeness (QED) is 0.126. The Kier molecular flexibility index (Phi) is 8.49. The Labute approximate surface area is 251 Å². The first-order chi connectivity index (χ1) is 19.7. The van der Waals surface area contributed by atoms with E-state index in [9.17, 15) is 9.18 Å². The first-order valence-electron chi connectivity index (χ1n) is 13.2. The fraction of sp³-hybridized carbons (Fsp3) is 0.182. The van der Waals surface area contributed by atoms with E-state index in [-0.39, 0.29) is 23.9 Å². The molecular formula is C33H29FIN3O3. The van der Waals surface area contributed by atoms with Crippen LogP contribution in [0.3, 0.4) is 0 Å². The Balaban J connectivity index is 1.54. The second kappa shape index (κ2) is 12.2. The Hall–Kier alpha value is -4.05. The van der Waals surface area contributed by atoms with Gasteiger partial charge in [0.25, 0.3) is 5.56 Å². The van der Waals surface area contributed by atoms with Gasteiger partial charge in [-0.15, -0.1) is 0 Å². The van der Waals surface area contributed by atoms with Crippen molar-refractivity contribution in [2.75, 3.05) is 7.11 Å². The number of benzene rings is 4. The van der Waals surface area contributed by atoms with Gasteiger partial charge >= 0.3 is 0 Å². The predicted molar refractivity (Wildman–Crippen MR) is 170 cm³/mol. The molecule has 0 saturated heterocycles. The molecule has 1 heterocycles. The summed E-state index contributed by atoms with van der Waals surface area (Å²) in [4.78, 5) is 18.6. The van der Waals surface area contributed by atoms with Crippen LogP contribution < -0.4 is 15.0 Å². The number of methoxy groups -OCH3 is 1. The number of rotatable bonds is 8. The maximum Gasteiger partial charge on any atom is 0.282 e. The first-order valence-corrected chi connectivity index (χ1v) is 14.2. The van der Waals surface area contributed by atoms with E-state index in [1.165, 1.54) is 16.8 Å². The highest BCUT2D eigenvalue weighted by Gasteiger charge is 2.18.